The summed E-state index contributed by atoms with van der Waals surface area (Å²) in [6.07, 6.45) is 0. The van der Waals surface area contributed by atoms with Gasteiger partial charge in [-0.3, -0.25) is 4.57 Å². The molecule has 11 rings (SSSR count). The van der Waals surface area contributed by atoms with Crippen LogP contribution in [-0.4, -0.2) is 9.13 Å². The smallest absolute Gasteiger partial charge is 0.213 e. The molecule has 0 radical (unpaired) electrons. The number of benzene rings is 7. The minimum Gasteiger partial charge on any atom is -0.456 e. The zero-order chi connectivity index (χ0) is 31.3. The molecule has 4 aromatic heterocycles. The lowest BCUT2D eigenvalue weighted by Crippen LogP contribution is -1.93. The first kappa shape index (κ1) is 25.6. The summed E-state index contributed by atoms with van der Waals surface area (Å²) >= 11 is 0. The van der Waals surface area contributed by atoms with Gasteiger partial charge in [0.05, 0.1) is 21.9 Å². The largest absolute Gasteiger partial charge is 0.456 e. The first-order chi connectivity index (χ1) is 23.8. The van der Waals surface area contributed by atoms with E-state index in [1.54, 1.807) is 0 Å². The van der Waals surface area contributed by atoms with Crippen LogP contribution >= 0.6 is 0 Å². The first-order valence-electron chi connectivity index (χ1n) is 16.3. The van der Waals surface area contributed by atoms with Gasteiger partial charge >= 0.3 is 0 Å². The van der Waals surface area contributed by atoms with Crippen molar-refractivity contribution < 1.29 is 8.83 Å². The predicted octanol–water partition coefficient (Wildman–Crippen LogP) is 12.2. The minimum atomic E-state index is 0.862. The molecular weight excluding hydrogens is 588 g/mol. The number of rotatable bonds is 3. The fraction of sp³-hybridized carbons (Fsp3) is 0. The van der Waals surface area contributed by atoms with Gasteiger partial charge < -0.3 is 13.4 Å². The Hall–Kier alpha value is -6.52. The Morgan fingerprint density at radius 3 is 1.67 bits per heavy atom. The van der Waals surface area contributed by atoms with E-state index in [1.807, 2.05) is 6.07 Å². The van der Waals surface area contributed by atoms with Crippen molar-refractivity contribution in [1.29, 1.82) is 0 Å². The normalized spacial score (nSPS) is 12.2. The van der Waals surface area contributed by atoms with Crippen LogP contribution in [0.5, 0.6) is 0 Å². The van der Waals surface area contributed by atoms with Crippen LogP contribution < -0.4 is 0 Å². The van der Waals surface area contributed by atoms with Gasteiger partial charge in [0.1, 0.15) is 16.7 Å². The van der Waals surface area contributed by atoms with Crippen molar-refractivity contribution in [1.82, 2.24) is 9.13 Å². The van der Waals surface area contributed by atoms with E-state index in [-0.39, 0.29) is 0 Å². The van der Waals surface area contributed by atoms with Crippen LogP contribution in [0.25, 0.3) is 99.2 Å². The Morgan fingerprint density at radius 1 is 0.333 bits per heavy atom. The van der Waals surface area contributed by atoms with Crippen molar-refractivity contribution in [2.45, 2.75) is 0 Å². The molecule has 0 unspecified atom stereocenters. The first-order valence-corrected chi connectivity index (χ1v) is 16.3. The maximum Gasteiger partial charge on any atom is 0.213 e. The highest BCUT2D eigenvalue weighted by molar-refractivity contribution is 6.20. The van der Waals surface area contributed by atoms with Gasteiger partial charge in [-0.2, -0.15) is 0 Å². The third-order valence-electron chi connectivity index (χ3n) is 9.93. The number of hydrogen-bond donors (Lipinski definition) is 0. The molecule has 4 nitrogen and oxygen atoms in total. The molecule has 11 aromatic rings. The highest BCUT2D eigenvalue weighted by atomic mass is 16.3. The minimum absolute atomic E-state index is 0.862. The molecule has 224 valence electrons. The second kappa shape index (κ2) is 9.50. The maximum absolute atomic E-state index is 6.59. The van der Waals surface area contributed by atoms with Crippen LogP contribution in [0.3, 0.4) is 0 Å². The molecule has 0 N–H and O–H groups in total. The van der Waals surface area contributed by atoms with Crippen LogP contribution in [0.4, 0.5) is 0 Å². The van der Waals surface area contributed by atoms with Crippen LogP contribution in [-0.2, 0) is 0 Å². The van der Waals surface area contributed by atoms with Gasteiger partial charge in [0.2, 0.25) is 5.71 Å². The molecule has 4 heterocycles. The van der Waals surface area contributed by atoms with Crippen LogP contribution in [0.15, 0.2) is 167 Å². The summed E-state index contributed by atoms with van der Waals surface area (Å²) in [5.74, 6) is 0. The Kier molecular flexibility index (Phi) is 5.08. The molecule has 7 aromatic carbocycles. The van der Waals surface area contributed by atoms with E-state index in [0.29, 0.717) is 0 Å². The molecule has 48 heavy (non-hydrogen) atoms. The van der Waals surface area contributed by atoms with Crippen molar-refractivity contribution in [3.8, 4) is 22.5 Å². The third-order valence-corrected chi connectivity index (χ3v) is 9.93. The highest BCUT2D eigenvalue weighted by Gasteiger charge is 2.20. The summed E-state index contributed by atoms with van der Waals surface area (Å²) in [5, 5.41) is 8.14. The zero-order valence-electron chi connectivity index (χ0n) is 25.7. The van der Waals surface area contributed by atoms with Gasteiger partial charge in [0.15, 0.2) is 0 Å². The molecular formula is C44H26N2O2. The fourth-order valence-electron chi connectivity index (χ4n) is 7.79. The van der Waals surface area contributed by atoms with Crippen molar-refractivity contribution >= 4 is 76.7 Å². The van der Waals surface area contributed by atoms with E-state index in [0.717, 1.165) is 72.0 Å². The molecule has 0 aliphatic heterocycles. The molecule has 0 aliphatic rings. The summed E-state index contributed by atoms with van der Waals surface area (Å²) in [6.45, 7) is 0. The van der Waals surface area contributed by atoms with E-state index in [1.165, 1.54) is 27.2 Å². The number of furan rings is 2. The molecule has 4 heteroatoms. The van der Waals surface area contributed by atoms with Gasteiger partial charge in [-0.1, -0.05) is 84.9 Å². The summed E-state index contributed by atoms with van der Waals surface area (Å²) in [4.78, 5) is 0. The SMILES string of the molecule is c1ccc(-n2c3ccccc3c3c4cc(-c5ccc6c(c5)oc5cc(-n7c8ccccc8c8ccccc87)ccc56)ccc4oc32)cc1. The molecule has 0 fully saturated rings. The summed E-state index contributed by atoms with van der Waals surface area (Å²) in [6, 6.07) is 55.8. The van der Waals surface area contributed by atoms with Gasteiger partial charge in [0, 0.05) is 49.8 Å². The van der Waals surface area contributed by atoms with Crippen LogP contribution in [0.2, 0.25) is 0 Å². The monoisotopic (exact) mass is 614 g/mol. The van der Waals surface area contributed by atoms with Crippen LogP contribution in [0.1, 0.15) is 0 Å². The summed E-state index contributed by atoms with van der Waals surface area (Å²) in [7, 11) is 0. The number of nitrogens with zero attached hydrogens (tertiary/aromatic N) is 2. The van der Waals surface area contributed by atoms with Crippen molar-refractivity contribution in [3.05, 3.63) is 158 Å². The molecule has 0 bridgehead atoms. The molecule has 0 saturated heterocycles. The lowest BCUT2D eigenvalue weighted by molar-refractivity contribution is 0.645. The molecule has 0 aliphatic carbocycles. The Morgan fingerprint density at radius 2 is 0.917 bits per heavy atom. The fourth-order valence-corrected chi connectivity index (χ4v) is 7.79. The lowest BCUT2D eigenvalue weighted by Gasteiger charge is -2.07. The van der Waals surface area contributed by atoms with Crippen molar-refractivity contribution in [2.75, 3.05) is 0 Å². The van der Waals surface area contributed by atoms with Crippen LogP contribution in [0, 0.1) is 0 Å². The van der Waals surface area contributed by atoms with Gasteiger partial charge in [-0.05, 0) is 77.9 Å². The third kappa shape index (κ3) is 3.49. The molecule has 0 spiro atoms. The quantitative estimate of drug-likeness (QED) is 0.198. The Bertz CT molecular complexity index is 3010. The van der Waals surface area contributed by atoms with Crippen molar-refractivity contribution in [3.63, 3.8) is 0 Å². The van der Waals surface area contributed by atoms with Gasteiger partial charge in [-0.25, -0.2) is 0 Å². The van der Waals surface area contributed by atoms with Gasteiger partial charge in [0.25, 0.3) is 0 Å². The van der Waals surface area contributed by atoms with E-state index in [2.05, 4.69) is 161 Å². The molecule has 0 atom stereocenters. The van der Waals surface area contributed by atoms with E-state index >= 15 is 0 Å². The summed E-state index contributed by atoms with van der Waals surface area (Å²) in [5.41, 5.74) is 11.4. The zero-order valence-corrected chi connectivity index (χ0v) is 25.7. The Labute approximate surface area is 274 Å². The second-order valence-corrected chi connectivity index (χ2v) is 12.5. The number of para-hydroxylation sites is 4. The standard InChI is InChI=1S/C44H26N2O2/c1-2-10-29(11-3-1)46-39-17-9-6-14-35(39)43-36-24-27(19-23-40(36)48-44(43)46)28-18-21-33-34-22-20-30(26-42(34)47-41(33)25-28)45-37-15-7-4-12-31(37)32-13-5-8-16-38(32)45/h1-26H. The predicted molar refractivity (Wildman–Crippen MR) is 198 cm³/mol. The highest BCUT2D eigenvalue weighted by Crippen LogP contribution is 2.41. The molecule has 0 amide bonds. The number of aromatic nitrogens is 2. The number of hydrogen-bond acceptors (Lipinski definition) is 2. The topological polar surface area (TPSA) is 36.1 Å². The maximum atomic E-state index is 6.59. The molecule has 0 saturated carbocycles. The van der Waals surface area contributed by atoms with Gasteiger partial charge in [-0.15, -0.1) is 0 Å². The lowest BCUT2D eigenvalue weighted by atomic mass is 10.0. The van der Waals surface area contributed by atoms with E-state index in [9.17, 15) is 0 Å². The van der Waals surface area contributed by atoms with E-state index in [4.69, 9.17) is 8.83 Å². The number of fused-ring (bicyclic) bond motifs is 11. The summed E-state index contributed by atoms with van der Waals surface area (Å²) < 4.78 is 17.7. The average Bonchev–Trinajstić information content (AvgIpc) is 3.88. The van der Waals surface area contributed by atoms with E-state index < -0.39 is 0 Å². The average molecular weight is 615 g/mol. The second-order valence-electron chi connectivity index (χ2n) is 12.5. The Balaban J connectivity index is 1.06. The van der Waals surface area contributed by atoms with Crippen molar-refractivity contribution in [2.24, 2.45) is 0 Å².